The fraction of sp³-hybridized carbons (Fsp3) is 0.375. The van der Waals surface area contributed by atoms with Gasteiger partial charge in [-0.15, -0.1) is 0 Å². The average Bonchev–Trinajstić information content (AvgIpc) is 2.49. The van der Waals surface area contributed by atoms with Crippen LogP contribution in [0.5, 0.6) is 0 Å². The van der Waals surface area contributed by atoms with Gasteiger partial charge in [-0.05, 0) is 25.0 Å². The van der Waals surface area contributed by atoms with Crippen LogP contribution >= 0.6 is 0 Å². The zero-order chi connectivity index (χ0) is 14.7. The normalized spacial score (nSPS) is 15.9. The highest BCUT2D eigenvalue weighted by Crippen LogP contribution is 2.23. The lowest BCUT2D eigenvalue weighted by Crippen LogP contribution is -2.39. The van der Waals surface area contributed by atoms with Gasteiger partial charge in [-0.1, -0.05) is 31.4 Å². The van der Waals surface area contributed by atoms with E-state index in [1.807, 2.05) is 0 Å². The van der Waals surface area contributed by atoms with Gasteiger partial charge < -0.3 is 10.6 Å². The van der Waals surface area contributed by atoms with E-state index in [-0.39, 0.29) is 23.4 Å². The fourth-order valence-electron chi connectivity index (χ4n) is 2.84. The van der Waals surface area contributed by atoms with Crippen molar-refractivity contribution in [2.24, 2.45) is 0 Å². The van der Waals surface area contributed by atoms with Crippen molar-refractivity contribution in [3.63, 3.8) is 0 Å². The number of rotatable bonds is 2. The van der Waals surface area contributed by atoms with Crippen LogP contribution in [0.3, 0.4) is 0 Å². The molecule has 2 N–H and O–H groups in total. The standard InChI is InChI=1S/C16H18FN3O/c17-13-8-4-7-12-14(9-10-18-15(12)13)20-16(21)19-11-5-2-1-3-6-11/h4,7-11H,1-3,5-6H2,(H2,18,19,20,21). The molecule has 0 saturated heterocycles. The van der Waals surface area contributed by atoms with Crippen molar-refractivity contribution in [1.29, 1.82) is 0 Å². The highest BCUT2D eigenvalue weighted by atomic mass is 19.1. The second kappa shape index (κ2) is 6.08. The molecule has 1 aliphatic carbocycles. The second-order valence-electron chi connectivity index (χ2n) is 5.43. The smallest absolute Gasteiger partial charge is 0.319 e. The van der Waals surface area contributed by atoms with E-state index in [9.17, 15) is 9.18 Å². The number of fused-ring (bicyclic) bond motifs is 1. The van der Waals surface area contributed by atoms with Gasteiger partial charge in [-0.25, -0.2) is 9.18 Å². The predicted molar refractivity (Wildman–Crippen MR) is 80.7 cm³/mol. The van der Waals surface area contributed by atoms with Gasteiger partial charge in [0.05, 0.1) is 5.69 Å². The number of para-hydroxylation sites is 1. The van der Waals surface area contributed by atoms with Crippen LogP contribution < -0.4 is 10.6 Å². The van der Waals surface area contributed by atoms with Gasteiger partial charge in [0, 0.05) is 17.6 Å². The number of anilines is 1. The van der Waals surface area contributed by atoms with Gasteiger partial charge in [0.2, 0.25) is 0 Å². The Morgan fingerprint density at radius 2 is 2.00 bits per heavy atom. The first-order valence-corrected chi connectivity index (χ1v) is 7.35. The minimum atomic E-state index is -0.385. The minimum absolute atomic E-state index is 0.237. The Morgan fingerprint density at radius 1 is 1.19 bits per heavy atom. The largest absolute Gasteiger partial charge is 0.335 e. The van der Waals surface area contributed by atoms with Crippen LogP contribution in [0.2, 0.25) is 0 Å². The molecular weight excluding hydrogens is 269 g/mol. The average molecular weight is 287 g/mol. The van der Waals surface area contributed by atoms with Crippen molar-refractivity contribution >= 4 is 22.6 Å². The number of pyridine rings is 1. The lowest BCUT2D eigenvalue weighted by molar-refractivity contribution is 0.244. The number of benzene rings is 1. The molecule has 0 aliphatic heterocycles. The van der Waals surface area contributed by atoms with E-state index in [0.717, 1.165) is 25.7 Å². The third-order valence-corrected chi connectivity index (χ3v) is 3.91. The molecular formula is C16H18FN3O. The molecule has 0 radical (unpaired) electrons. The molecule has 0 bridgehead atoms. The molecule has 1 aromatic heterocycles. The molecule has 0 unspecified atom stereocenters. The van der Waals surface area contributed by atoms with E-state index >= 15 is 0 Å². The number of amides is 2. The van der Waals surface area contributed by atoms with Gasteiger partial charge in [0.15, 0.2) is 0 Å². The van der Waals surface area contributed by atoms with Gasteiger partial charge in [-0.3, -0.25) is 4.98 Å². The number of hydrogen-bond acceptors (Lipinski definition) is 2. The number of carbonyl (C=O) groups is 1. The molecule has 1 aliphatic rings. The number of carbonyl (C=O) groups excluding carboxylic acids is 1. The van der Waals surface area contributed by atoms with Crippen LogP contribution in [0.4, 0.5) is 14.9 Å². The number of urea groups is 1. The molecule has 2 amide bonds. The summed E-state index contributed by atoms with van der Waals surface area (Å²) in [5.74, 6) is -0.385. The van der Waals surface area contributed by atoms with Gasteiger partial charge >= 0.3 is 6.03 Å². The third-order valence-electron chi connectivity index (χ3n) is 3.91. The van der Waals surface area contributed by atoms with Gasteiger partial charge in [0.25, 0.3) is 0 Å². The fourth-order valence-corrected chi connectivity index (χ4v) is 2.84. The summed E-state index contributed by atoms with van der Waals surface area (Å²) in [6, 6.07) is 6.41. The van der Waals surface area contributed by atoms with Crippen LogP contribution in [-0.2, 0) is 0 Å². The minimum Gasteiger partial charge on any atom is -0.335 e. The van der Waals surface area contributed by atoms with Crippen LogP contribution in [-0.4, -0.2) is 17.1 Å². The van der Waals surface area contributed by atoms with Gasteiger partial charge in [0.1, 0.15) is 11.3 Å². The van der Waals surface area contributed by atoms with E-state index in [1.165, 1.54) is 18.7 Å². The SMILES string of the molecule is O=C(Nc1ccnc2c(F)cccc12)NC1CCCCC1. The van der Waals surface area contributed by atoms with E-state index in [1.54, 1.807) is 18.2 Å². The lowest BCUT2D eigenvalue weighted by atomic mass is 9.96. The summed E-state index contributed by atoms with van der Waals surface area (Å²) in [5.41, 5.74) is 0.848. The van der Waals surface area contributed by atoms with Crippen molar-refractivity contribution in [1.82, 2.24) is 10.3 Å². The summed E-state index contributed by atoms with van der Waals surface area (Å²) in [6.07, 6.45) is 7.12. The monoisotopic (exact) mass is 287 g/mol. The predicted octanol–water partition coefficient (Wildman–Crippen LogP) is 3.83. The Balaban J connectivity index is 1.75. The topological polar surface area (TPSA) is 54.0 Å². The van der Waals surface area contributed by atoms with E-state index in [4.69, 9.17) is 0 Å². The Labute approximate surface area is 122 Å². The Bertz CT molecular complexity index is 653. The maximum absolute atomic E-state index is 13.7. The number of halogens is 1. The summed E-state index contributed by atoms with van der Waals surface area (Å²) in [7, 11) is 0. The van der Waals surface area contributed by atoms with E-state index in [2.05, 4.69) is 15.6 Å². The van der Waals surface area contributed by atoms with Crippen LogP contribution in [0.15, 0.2) is 30.5 Å². The second-order valence-corrected chi connectivity index (χ2v) is 5.43. The van der Waals surface area contributed by atoms with E-state index < -0.39 is 0 Å². The van der Waals surface area contributed by atoms with Crippen LogP contribution in [0.1, 0.15) is 32.1 Å². The molecule has 5 heteroatoms. The lowest BCUT2D eigenvalue weighted by Gasteiger charge is -2.23. The van der Waals surface area contributed by atoms with Crippen LogP contribution in [0, 0.1) is 5.82 Å². The van der Waals surface area contributed by atoms with Crippen molar-refractivity contribution in [2.75, 3.05) is 5.32 Å². The summed E-state index contributed by atoms with van der Waals surface area (Å²) < 4.78 is 13.7. The molecule has 0 atom stereocenters. The first-order valence-electron chi connectivity index (χ1n) is 7.35. The van der Waals surface area contributed by atoms with Gasteiger partial charge in [-0.2, -0.15) is 0 Å². The number of nitrogens with one attached hydrogen (secondary N) is 2. The molecule has 2 aromatic rings. The molecule has 110 valence electrons. The molecule has 4 nitrogen and oxygen atoms in total. The molecule has 1 saturated carbocycles. The summed E-state index contributed by atoms with van der Waals surface area (Å²) in [4.78, 5) is 16.1. The molecule has 1 aromatic carbocycles. The number of aromatic nitrogens is 1. The summed E-state index contributed by atoms with van der Waals surface area (Å²) >= 11 is 0. The maximum Gasteiger partial charge on any atom is 0.319 e. The third kappa shape index (κ3) is 3.12. The molecule has 1 fully saturated rings. The highest BCUT2D eigenvalue weighted by Gasteiger charge is 2.16. The molecule has 3 rings (SSSR count). The Morgan fingerprint density at radius 3 is 2.81 bits per heavy atom. The number of hydrogen-bond donors (Lipinski definition) is 2. The first-order chi connectivity index (χ1) is 10.2. The van der Waals surface area contributed by atoms with Crippen molar-refractivity contribution in [3.05, 3.63) is 36.3 Å². The van der Waals surface area contributed by atoms with E-state index in [0.29, 0.717) is 11.1 Å². The summed E-state index contributed by atoms with van der Waals surface area (Å²) in [5, 5.41) is 6.39. The Hall–Kier alpha value is -2.17. The molecule has 1 heterocycles. The zero-order valence-corrected chi connectivity index (χ0v) is 11.7. The number of nitrogens with zero attached hydrogens (tertiary/aromatic N) is 1. The maximum atomic E-state index is 13.7. The first kappa shape index (κ1) is 13.8. The highest BCUT2D eigenvalue weighted by molar-refractivity contribution is 6.00. The zero-order valence-electron chi connectivity index (χ0n) is 11.7. The van der Waals surface area contributed by atoms with Crippen molar-refractivity contribution in [2.45, 2.75) is 38.1 Å². The summed E-state index contributed by atoms with van der Waals surface area (Å²) in [6.45, 7) is 0. The van der Waals surface area contributed by atoms with Crippen molar-refractivity contribution in [3.8, 4) is 0 Å². The van der Waals surface area contributed by atoms with Crippen LogP contribution in [0.25, 0.3) is 10.9 Å². The van der Waals surface area contributed by atoms with Crippen molar-refractivity contribution < 1.29 is 9.18 Å². The molecule has 0 spiro atoms. The Kier molecular flexibility index (Phi) is 3.99. The molecule has 21 heavy (non-hydrogen) atoms. The quantitative estimate of drug-likeness (QED) is 0.882.